The summed E-state index contributed by atoms with van der Waals surface area (Å²) in [5.74, 6) is 0.233. The van der Waals surface area contributed by atoms with Crippen LogP contribution in [0, 0.1) is 0 Å². The normalized spacial score (nSPS) is 11.4. The van der Waals surface area contributed by atoms with Crippen LogP contribution in [0.2, 0.25) is 0 Å². The summed E-state index contributed by atoms with van der Waals surface area (Å²) < 4.78 is 5.11. The number of benzene rings is 3. The molecule has 3 rings (SSSR count). The molecule has 0 saturated heterocycles. The van der Waals surface area contributed by atoms with E-state index in [-0.39, 0.29) is 17.7 Å². The highest BCUT2D eigenvalue weighted by atomic mass is 16.5. The third-order valence-corrected chi connectivity index (χ3v) is 4.69. The summed E-state index contributed by atoms with van der Waals surface area (Å²) in [6.45, 7) is 1.99. The maximum Gasteiger partial charge on any atom is 0.255 e. The fourth-order valence-electron chi connectivity index (χ4n) is 3.07. The second-order valence-electron chi connectivity index (χ2n) is 6.62. The molecular formula is C24H24N2O3. The minimum absolute atomic E-state index is 0.0610. The Balaban J connectivity index is 1.63. The van der Waals surface area contributed by atoms with E-state index in [1.54, 1.807) is 55.6 Å². The Kier molecular flexibility index (Phi) is 6.63. The van der Waals surface area contributed by atoms with Gasteiger partial charge in [0.05, 0.1) is 13.0 Å². The van der Waals surface area contributed by atoms with E-state index in [2.05, 4.69) is 10.6 Å². The Morgan fingerprint density at radius 2 is 1.41 bits per heavy atom. The molecule has 0 unspecified atom stereocenters. The third-order valence-electron chi connectivity index (χ3n) is 4.69. The molecule has 0 heterocycles. The van der Waals surface area contributed by atoms with E-state index < -0.39 is 0 Å². The quantitative estimate of drug-likeness (QED) is 0.593. The van der Waals surface area contributed by atoms with Gasteiger partial charge in [-0.15, -0.1) is 0 Å². The van der Waals surface area contributed by atoms with Crippen LogP contribution >= 0.6 is 0 Å². The Labute approximate surface area is 170 Å². The molecule has 0 saturated carbocycles. The summed E-state index contributed by atoms with van der Waals surface area (Å²) >= 11 is 0. The maximum absolute atomic E-state index is 12.7. The van der Waals surface area contributed by atoms with Crippen LogP contribution in [0.5, 0.6) is 5.75 Å². The van der Waals surface area contributed by atoms with E-state index in [9.17, 15) is 9.59 Å². The highest BCUT2D eigenvalue weighted by molar-refractivity contribution is 6.04. The smallest absolute Gasteiger partial charge is 0.255 e. The van der Waals surface area contributed by atoms with Crippen LogP contribution in [0.3, 0.4) is 0 Å². The van der Waals surface area contributed by atoms with Crippen LogP contribution in [-0.2, 0) is 4.79 Å². The highest BCUT2D eigenvalue weighted by Crippen LogP contribution is 2.22. The largest absolute Gasteiger partial charge is 0.497 e. The third kappa shape index (κ3) is 5.23. The number of methoxy groups -OCH3 is 1. The first kappa shape index (κ1) is 20.1. The van der Waals surface area contributed by atoms with Gasteiger partial charge in [0, 0.05) is 16.9 Å². The van der Waals surface area contributed by atoms with Crippen molar-refractivity contribution in [3.8, 4) is 5.75 Å². The molecule has 0 aromatic heterocycles. The van der Waals surface area contributed by atoms with Crippen molar-refractivity contribution in [2.24, 2.45) is 0 Å². The number of amides is 2. The molecule has 5 nitrogen and oxygen atoms in total. The molecule has 2 N–H and O–H groups in total. The molecule has 0 bridgehead atoms. The van der Waals surface area contributed by atoms with Gasteiger partial charge < -0.3 is 15.4 Å². The number of rotatable bonds is 7. The molecule has 5 heteroatoms. The Morgan fingerprint density at radius 1 is 0.828 bits per heavy atom. The number of hydrogen-bond donors (Lipinski definition) is 2. The Morgan fingerprint density at radius 3 is 2.00 bits per heavy atom. The van der Waals surface area contributed by atoms with Crippen molar-refractivity contribution >= 4 is 23.2 Å². The zero-order valence-corrected chi connectivity index (χ0v) is 16.5. The summed E-state index contributed by atoms with van der Waals surface area (Å²) in [4.78, 5) is 25.1. The predicted octanol–water partition coefficient (Wildman–Crippen LogP) is 5.08. The molecule has 1 atom stereocenters. The Hall–Kier alpha value is -3.60. The number of ether oxygens (including phenoxy) is 1. The standard InChI is InChI=1S/C24H24N2O3/c1-3-22(17-7-5-4-6-8-17)24(28)26-19-11-9-18(10-12-19)23(27)25-20-13-15-21(29-2)16-14-20/h4-16,22H,3H2,1-2H3,(H,25,27)(H,26,28)/t22-/m1/s1. The first-order chi connectivity index (χ1) is 14.1. The number of nitrogens with one attached hydrogen (secondary N) is 2. The molecule has 0 spiro atoms. The minimum Gasteiger partial charge on any atom is -0.497 e. The molecule has 0 aliphatic carbocycles. The van der Waals surface area contributed by atoms with E-state index in [4.69, 9.17) is 4.74 Å². The van der Waals surface area contributed by atoms with Crippen LogP contribution in [-0.4, -0.2) is 18.9 Å². The second-order valence-corrected chi connectivity index (χ2v) is 6.62. The number of anilines is 2. The lowest BCUT2D eigenvalue weighted by molar-refractivity contribution is -0.117. The monoisotopic (exact) mass is 388 g/mol. The fourth-order valence-corrected chi connectivity index (χ4v) is 3.07. The average Bonchev–Trinajstić information content (AvgIpc) is 2.76. The van der Waals surface area contributed by atoms with E-state index in [1.807, 2.05) is 37.3 Å². The summed E-state index contributed by atoms with van der Waals surface area (Å²) in [6.07, 6.45) is 0.707. The zero-order chi connectivity index (χ0) is 20.6. The molecule has 3 aromatic rings. The lowest BCUT2D eigenvalue weighted by atomic mass is 9.95. The number of carbonyl (C=O) groups is 2. The molecule has 2 amide bonds. The van der Waals surface area contributed by atoms with Crippen LogP contribution in [0.25, 0.3) is 0 Å². The van der Waals surface area contributed by atoms with Gasteiger partial charge in [0.15, 0.2) is 0 Å². The van der Waals surface area contributed by atoms with Crippen molar-refractivity contribution in [1.82, 2.24) is 0 Å². The van der Waals surface area contributed by atoms with Crippen molar-refractivity contribution in [2.45, 2.75) is 19.3 Å². The van der Waals surface area contributed by atoms with Gasteiger partial charge in [0.2, 0.25) is 5.91 Å². The highest BCUT2D eigenvalue weighted by Gasteiger charge is 2.18. The predicted molar refractivity (Wildman–Crippen MR) is 115 cm³/mol. The van der Waals surface area contributed by atoms with Crippen LogP contribution in [0.1, 0.15) is 35.2 Å². The SMILES string of the molecule is CC[C@@H](C(=O)Nc1ccc(C(=O)Nc2ccc(OC)cc2)cc1)c1ccccc1. The zero-order valence-electron chi connectivity index (χ0n) is 16.5. The summed E-state index contributed by atoms with van der Waals surface area (Å²) in [5, 5.41) is 5.77. The molecular weight excluding hydrogens is 364 g/mol. The van der Waals surface area contributed by atoms with Gasteiger partial charge in [-0.05, 0) is 60.5 Å². The first-order valence-electron chi connectivity index (χ1n) is 9.52. The van der Waals surface area contributed by atoms with Gasteiger partial charge in [0.1, 0.15) is 5.75 Å². The van der Waals surface area contributed by atoms with Gasteiger partial charge in [-0.3, -0.25) is 9.59 Å². The average molecular weight is 388 g/mol. The van der Waals surface area contributed by atoms with Crippen molar-refractivity contribution in [3.63, 3.8) is 0 Å². The lowest BCUT2D eigenvalue weighted by Gasteiger charge is -2.15. The van der Waals surface area contributed by atoms with Gasteiger partial charge in [-0.2, -0.15) is 0 Å². The van der Waals surface area contributed by atoms with Gasteiger partial charge in [-0.1, -0.05) is 37.3 Å². The fraction of sp³-hybridized carbons (Fsp3) is 0.167. The van der Waals surface area contributed by atoms with Gasteiger partial charge >= 0.3 is 0 Å². The second kappa shape index (κ2) is 9.55. The molecule has 148 valence electrons. The lowest BCUT2D eigenvalue weighted by Crippen LogP contribution is -2.20. The van der Waals surface area contributed by atoms with Crippen molar-refractivity contribution in [3.05, 3.63) is 90.0 Å². The van der Waals surface area contributed by atoms with Crippen molar-refractivity contribution in [2.75, 3.05) is 17.7 Å². The Bertz CT molecular complexity index is 952. The summed E-state index contributed by atoms with van der Waals surface area (Å²) in [5.41, 5.74) is 2.84. The molecule has 29 heavy (non-hydrogen) atoms. The molecule has 0 aliphatic heterocycles. The van der Waals surface area contributed by atoms with Gasteiger partial charge in [0.25, 0.3) is 5.91 Å². The van der Waals surface area contributed by atoms with Crippen LogP contribution < -0.4 is 15.4 Å². The number of carbonyl (C=O) groups excluding carboxylic acids is 2. The topological polar surface area (TPSA) is 67.4 Å². The van der Waals surface area contributed by atoms with E-state index in [0.29, 0.717) is 23.4 Å². The summed E-state index contributed by atoms with van der Waals surface area (Å²) in [7, 11) is 1.59. The molecule has 0 aliphatic rings. The maximum atomic E-state index is 12.7. The van der Waals surface area contributed by atoms with Crippen molar-refractivity contribution < 1.29 is 14.3 Å². The van der Waals surface area contributed by atoms with Crippen LogP contribution in [0.15, 0.2) is 78.9 Å². The first-order valence-corrected chi connectivity index (χ1v) is 9.52. The van der Waals surface area contributed by atoms with Crippen molar-refractivity contribution in [1.29, 1.82) is 0 Å². The van der Waals surface area contributed by atoms with E-state index in [0.717, 1.165) is 11.3 Å². The summed E-state index contributed by atoms with van der Waals surface area (Å²) in [6, 6.07) is 23.7. The van der Waals surface area contributed by atoms with Gasteiger partial charge in [-0.25, -0.2) is 0 Å². The van der Waals surface area contributed by atoms with E-state index >= 15 is 0 Å². The molecule has 0 fully saturated rings. The molecule has 3 aromatic carbocycles. The molecule has 0 radical (unpaired) electrons. The minimum atomic E-state index is -0.219. The number of hydrogen-bond acceptors (Lipinski definition) is 3. The van der Waals surface area contributed by atoms with E-state index in [1.165, 1.54) is 0 Å². The van der Waals surface area contributed by atoms with Crippen LogP contribution in [0.4, 0.5) is 11.4 Å².